The maximum Gasteiger partial charge on any atom is 0.260 e. The quantitative estimate of drug-likeness (QED) is 0.310. The molecular weight excluding hydrogens is 515 g/mol. The summed E-state index contributed by atoms with van der Waals surface area (Å²) in [7, 11) is 3.00. The van der Waals surface area contributed by atoms with Gasteiger partial charge < -0.3 is 14.5 Å². The second-order valence-electron chi connectivity index (χ2n) is 8.78. The Labute approximate surface area is 222 Å². The fourth-order valence-electron chi connectivity index (χ4n) is 4.58. The lowest BCUT2D eigenvalue weighted by molar-refractivity contribution is 0.102. The molecule has 9 nitrogen and oxygen atoms in total. The monoisotopic (exact) mass is 536 g/mol. The smallest absolute Gasteiger partial charge is 0.260 e. The number of fused-ring (bicyclic) bond motifs is 1. The summed E-state index contributed by atoms with van der Waals surface area (Å²) in [6.45, 7) is 0. The highest BCUT2D eigenvalue weighted by molar-refractivity contribution is 6.41. The Morgan fingerprint density at radius 2 is 1.78 bits per heavy atom. The van der Waals surface area contributed by atoms with E-state index in [1.54, 1.807) is 24.4 Å². The first-order valence-electron chi connectivity index (χ1n) is 11.5. The second-order valence-corrected chi connectivity index (χ2v) is 9.53. The first-order valence-corrected chi connectivity index (χ1v) is 12.3. The van der Waals surface area contributed by atoms with Crippen molar-refractivity contribution in [3.63, 3.8) is 0 Å². The molecule has 4 aromatic rings. The minimum Gasteiger partial charge on any atom is -0.495 e. The predicted octanol–water partition coefficient (Wildman–Crippen LogP) is 5.69. The Balaban J connectivity index is 1.46. The van der Waals surface area contributed by atoms with E-state index in [0.717, 1.165) is 25.0 Å². The number of methoxy groups -OCH3 is 2. The summed E-state index contributed by atoms with van der Waals surface area (Å²) in [5.74, 6) is 1.31. The Bertz CT molecular complexity index is 1510. The van der Waals surface area contributed by atoms with Crippen LogP contribution in [0.2, 0.25) is 10.0 Å². The van der Waals surface area contributed by atoms with Crippen LogP contribution in [-0.4, -0.2) is 40.1 Å². The molecule has 37 heavy (non-hydrogen) atoms. The Morgan fingerprint density at radius 1 is 1.11 bits per heavy atom. The number of nitrogens with zero attached hydrogens (tertiary/aromatic N) is 4. The van der Waals surface area contributed by atoms with Crippen molar-refractivity contribution in [2.45, 2.75) is 19.3 Å². The number of ether oxygens (including phenoxy) is 2. The van der Waals surface area contributed by atoms with Crippen molar-refractivity contribution in [1.29, 1.82) is 5.26 Å². The molecule has 0 unspecified atom stereocenters. The minimum atomic E-state index is -0.397. The summed E-state index contributed by atoms with van der Waals surface area (Å²) in [6.07, 6.45) is 7.31. The van der Waals surface area contributed by atoms with Crippen LogP contribution in [0, 0.1) is 23.2 Å². The molecule has 1 fully saturated rings. The van der Waals surface area contributed by atoms with E-state index in [1.807, 2.05) is 0 Å². The predicted molar refractivity (Wildman–Crippen MR) is 140 cm³/mol. The van der Waals surface area contributed by atoms with Crippen molar-refractivity contribution in [2.75, 3.05) is 19.5 Å². The van der Waals surface area contributed by atoms with Gasteiger partial charge in [-0.3, -0.25) is 20.1 Å². The molecule has 0 bridgehead atoms. The maximum atomic E-state index is 13.2. The van der Waals surface area contributed by atoms with Crippen LogP contribution in [0.5, 0.6) is 11.5 Å². The van der Waals surface area contributed by atoms with Gasteiger partial charge in [0.15, 0.2) is 0 Å². The molecule has 0 spiro atoms. The lowest BCUT2D eigenvalue weighted by Crippen LogP contribution is -2.24. The largest absolute Gasteiger partial charge is 0.495 e. The molecule has 5 rings (SSSR count). The van der Waals surface area contributed by atoms with Gasteiger partial charge in [-0.15, -0.1) is 0 Å². The van der Waals surface area contributed by atoms with Crippen LogP contribution in [0.4, 0.5) is 5.95 Å². The number of carbonyl (C=O) groups excluding carboxylic acids is 1. The maximum absolute atomic E-state index is 13.2. The Morgan fingerprint density at radius 3 is 2.43 bits per heavy atom. The van der Waals surface area contributed by atoms with Gasteiger partial charge >= 0.3 is 0 Å². The number of hydrogen-bond donors (Lipinski definition) is 2. The molecule has 0 saturated heterocycles. The number of H-pyrrole nitrogens is 1. The van der Waals surface area contributed by atoms with E-state index < -0.39 is 5.91 Å². The molecule has 2 heterocycles. The highest BCUT2D eigenvalue weighted by atomic mass is 35.5. The summed E-state index contributed by atoms with van der Waals surface area (Å²) < 4.78 is 10.8. The number of nitriles is 1. The van der Waals surface area contributed by atoms with Crippen LogP contribution >= 0.6 is 23.2 Å². The average molecular weight is 537 g/mol. The molecule has 0 atom stereocenters. The number of rotatable bonds is 7. The third-order valence-electron chi connectivity index (χ3n) is 6.50. The first-order chi connectivity index (χ1) is 17.9. The SMILES string of the molecule is COc1cc(OC)c(Cl)c(-c2ccc(C(=O)Nc3ncc(CC4CC(C#N)C4)[nH]3)c3nccnc23)c1Cl. The topological polar surface area (TPSA) is 126 Å². The van der Waals surface area contributed by atoms with Gasteiger partial charge in [-0.1, -0.05) is 29.3 Å². The molecule has 0 radical (unpaired) electrons. The number of anilines is 1. The molecule has 1 aliphatic rings. The van der Waals surface area contributed by atoms with Crippen LogP contribution in [0.3, 0.4) is 0 Å². The number of halogens is 2. The van der Waals surface area contributed by atoms with E-state index in [-0.39, 0.29) is 16.0 Å². The Hall–Kier alpha value is -3.87. The Kier molecular flexibility index (Phi) is 6.87. The van der Waals surface area contributed by atoms with Crippen LogP contribution in [-0.2, 0) is 6.42 Å². The highest BCUT2D eigenvalue weighted by Gasteiger charge is 2.29. The highest BCUT2D eigenvalue weighted by Crippen LogP contribution is 2.47. The van der Waals surface area contributed by atoms with Crippen molar-refractivity contribution in [2.24, 2.45) is 11.8 Å². The van der Waals surface area contributed by atoms with E-state index in [2.05, 4.69) is 31.3 Å². The molecule has 2 aromatic heterocycles. The molecule has 188 valence electrons. The lowest BCUT2D eigenvalue weighted by atomic mass is 9.74. The van der Waals surface area contributed by atoms with Gasteiger partial charge in [0, 0.05) is 41.2 Å². The van der Waals surface area contributed by atoms with E-state index in [4.69, 9.17) is 37.9 Å². The molecule has 1 amide bonds. The summed E-state index contributed by atoms with van der Waals surface area (Å²) in [4.78, 5) is 29.6. The summed E-state index contributed by atoms with van der Waals surface area (Å²) in [5, 5.41) is 12.3. The van der Waals surface area contributed by atoms with Gasteiger partial charge in [-0.25, -0.2) is 4.98 Å². The number of imidazole rings is 1. The normalized spacial score (nSPS) is 16.6. The molecule has 11 heteroatoms. The molecule has 1 saturated carbocycles. The average Bonchev–Trinajstić information content (AvgIpc) is 3.32. The molecule has 0 aliphatic heterocycles. The zero-order valence-corrected chi connectivity index (χ0v) is 21.5. The van der Waals surface area contributed by atoms with Crippen molar-refractivity contribution in [3.05, 3.63) is 58.1 Å². The van der Waals surface area contributed by atoms with Crippen molar-refractivity contribution < 1.29 is 14.3 Å². The number of amides is 1. The summed E-state index contributed by atoms with van der Waals surface area (Å²) in [6, 6.07) is 7.25. The minimum absolute atomic E-state index is 0.146. The third-order valence-corrected chi connectivity index (χ3v) is 7.25. The van der Waals surface area contributed by atoms with Crippen LogP contribution in [0.25, 0.3) is 22.2 Å². The molecule has 2 N–H and O–H groups in total. The van der Waals surface area contributed by atoms with E-state index in [0.29, 0.717) is 51.1 Å². The van der Waals surface area contributed by atoms with Gasteiger partial charge in [-0.05, 0) is 31.2 Å². The number of hydrogen-bond acceptors (Lipinski definition) is 7. The van der Waals surface area contributed by atoms with Gasteiger partial charge in [0.05, 0.1) is 47.6 Å². The fourth-order valence-corrected chi connectivity index (χ4v) is 5.29. The van der Waals surface area contributed by atoms with Crippen molar-refractivity contribution in [3.8, 4) is 28.7 Å². The van der Waals surface area contributed by atoms with Crippen molar-refractivity contribution >= 4 is 46.1 Å². The lowest BCUT2D eigenvalue weighted by Gasteiger charge is -2.29. The number of carbonyl (C=O) groups is 1. The zero-order valence-electron chi connectivity index (χ0n) is 20.0. The number of benzene rings is 2. The van der Waals surface area contributed by atoms with Gasteiger partial charge in [-0.2, -0.15) is 5.26 Å². The summed E-state index contributed by atoms with van der Waals surface area (Å²) >= 11 is 13.3. The van der Waals surface area contributed by atoms with E-state index >= 15 is 0 Å². The van der Waals surface area contributed by atoms with Crippen LogP contribution < -0.4 is 14.8 Å². The fraction of sp³-hybridized carbons (Fsp3) is 0.269. The van der Waals surface area contributed by atoms with Crippen LogP contribution in [0.1, 0.15) is 28.9 Å². The van der Waals surface area contributed by atoms with E-state index in [9.17, 15) is 4.79 Å². The molecule has 2 aromatic carbocycles. The van der Waals surface area contributed by atoms with E-state index in [1.165, 1.54) is 26.6 Å². The second kappa shape index (κ2) is 10.2. The number of nitrogens with one attached hydrogen (secondary N) is 2. The first kappa shape index (κ1) is 24.8. The van der Waals surface area contributed by atoms with Crippen LogP contribution in [0.15, 0.2) is 36.8 Å². The van der Waals surface area contributed by atoms with Crippen molar-refractivity contribution in [1.82, 2.24) is 19.9 Å². The molecule has 1 aliphatic carbocycles. The van der Waals surface area contributed by atoms with Gasteiger partial charge in [0.2, 0.25) is 5.95 Å². The molecular formula is C26H22Cl2N6O3. The van der Waals surface area contributed by atoms with Gasteiger partial charge in [0.25, 0.3) is 5.91 Å². The third kappa shape index (κ3) is 4.66. The summed E-state index contributed by atoms with van der Waals surface area (Å²) in [5.41, 5.74) is 3.06. The standard InChI is InChI=1S/C26H22Cl2N6O3/c1-36-18-10-19(37-2)22(28)20(21(18)27)16-3-4-17(24-23(16)30-5-6-31-24)25(35)34-26-32-12-15(33-26)9-13-7-14(8-13)11-29/h3-6,10,12-14H,7-9H2,1-2H3,(H2,32,33,34,35). The zero-order chi connectivity index (χ0) is 26.1. The van der Waals surface area contributed by atoms with Gasteiger partial charge in [0.1, 0.15) is 17.0 Å². The number of aromatic nitrogens is 4. The number of aromatic amines is 1.